The smallest absolute Gasteiger partial charge is 0.396 e. The van der Waals surface area contributed by atoms with Crippen LogP contribution >= 0.6 is 0 Å². The first kappa shape index (κ1) is 33.4. The predicted molar refractivity (Wildman–Crippen MR) is 154 cm³/mol. The standard InChI is InChI=1S/C18H15S.C12H18F4O6S2/c1-4-10-16(11-5-1)19(17-12-6-2-7-13-17)18-14-8-3-9-15-18;1-6(2)23(17,18)22-10-5-7-3-8(10)9(4-7)11(13,14)12(15,16)24(19,20)21/h1-15H;6-10H,3-5H2,1-2H3,(H,19,20,21)/q+1;/p-1. The Hall–Kier alpha value is -2.45. The highest BCUT2D eigenvalue weighted by atomic mass is 32.2. The molecule has 3 aromatic rings. The maximum Gasteiger partial charge on any atom is 0.396 e. The summed E-state index contributed by atoms with van der Waals surface area (Å²) in [5.74, 6) is -8.98. The van der Waals surface area contributed by atoms with E-state index in [1.165, 1.54) is 28.5 Å². The Morgan fingerprint density at radius 2 is 1.16 bits per heavy atom. The molecular formula is C30H32F4O6S3. The summed E-state index contributed by atoms with van der Waals surface area (Å²) in [4.78, 5) is 4.08. The summed E-state index contributed by atoms with van der Waals surface area (Å²) in [6.45, 7) is 2.62. The Morgan fingerprint density at radius 1 is 0.744 bits per heavy atom. The molecule has 0 aromatic heterocycles. The Kier molecular flexibility index (Phi) is 10.0. The Morgan fingerprint density at radius 3 is 1.51 bits per heavy atom. The van der Waals surface area contributed by atoms with Gasteiger partial charge >= 0.3 is 11.2 Å². The van der Waals surface area contributed by atoms with Crippen LogP contribution < -0.4 is 0 Å². The number of fused-ring (bicyclic) bond motifs is 2. The van der Waals surface area contributed by atoms with Crippen molar-refractivity contribution in [1.29, 1.82) is 0 Å². The van der Waals surface area contributed by atoms with Gasteiger partial charge in [-0.1, -0.05) is 54.6 Å². The zero-order valence-corrected chi connectivity index (χ0v) is 25.8. The summed E-state index contributed by atoms with van der Waals surface area (Å²) in [6, 6.07) is 32.2. The van der Waals surface area contributed by atoms with Gasteiger partial charge in [0.25, 0.3) is 10.1 Å². The SMILES string of the molecule is CC(C)S(=O)(=O)OC1CC2CC1C(C(F)(F)C(F)(F)S(=O)(=O)[O-])C2.c1ccc([S+](c2ccccc2)c2ccccc2)cc1. The van der Waals surface area contributed by atoms with Gasteiger partial charge in [0.2, 0.25) is 0 Å². The van der Waals surface area contributed by atoms with Crippen LogP contribution in [0.3, 0.4) is 0 Å². The lowest BCUT2D eigenvalue weighted by molar-refractivity contribution is -0.208. The van der Waals surface area contributed by atoms with Crippen LogP contribution in [-0.4, -0.2) is 43.9 Å². The Labute approximate surface area is 252 Å². The van der Waals surface area contributed by atoms with E-state index in [1.807, 2.05) is 0 Å². The van der Waals surface area contributed by atoms with Gasteiger partial charge < -0.3 is 4.55 Å². The van der Waals surface area contributed by atoms with Gasteiger partial charge in [0, 0.05) is 5.92 Å². The fourth-order valence-corrected chi connectivity index (χ4v) is 8.93. The normalized spacial score (nSPS) is 22.4. The first-order valence-corrected chi connectivity index (χ1v) is 17.7. The van der Waals surface area contributed by atoms with Gasteiger partial charge in [0.05, 0.1) is 22.2 Å². The van der Waals surface area contributed by atoms with Crippen LogP contribution in [0.5, 0.6) is 0 Å². The second-order valence-corrected chi connectivity index (χ2v) is 16.4. The lowest BCUT2D eigenvalue weighted by atomic mass is 9.82. The largest absolute Gasteiger partial charge is 0.743 e. The van der Waals surface area contributed by atoms with Gasteiger partial charge in [-0.3, -0.25) is 4.18 Å². The van der Waals surface area contributed by atoms with E-state index in [-0.39, 0.29) is 23.7 Å². The van der Waals surface area contributed by atoms with Crippen molar-refractivity contribution in [3.8, 4) is 0 Å². The fraction of sp³-hybridized carbons (Fsp3) is 0.400. The van der Waals surface area contributed by atoms with E-state index in [0.717, 1.165) is 0 Å². The van der Waals surface area contributed by atoms with Crippen LogP contribution in [0, 0.1) is 17.8 Å². The van der Waals surface area contributed by atoms with Crippen LogP contribution in [0.4, 0.5) is 17.6 Å². The first-order chi connectivity index (χ1) is 20.1. The molecule has 0 aliphatic heterocycles. The number of hydrogen-bond donors (Lipinski definition) is 0. The summed E-state index contributed by atoms with van der Waals surface area (Å²) in [6.07, 6.45) is -1.51. The molecule has 0 amide bonds. The topological polar surface area (TPSA) is 101 Å². The zero-order chi connectivity index (χ0) is 31.6. The monoisotopic (exact) mass is 660 g/mol. The fourth-order valence-electron chi connectivity index (χ4n) is 5.56. The third-order valence-electron chi connectivity index (χ3n) is 7.69. The van der Waals surface area contributed by atoms with E-state index in [0.29, 0.717) is 0 Å². The van der Waals surface area contributed by atoms with Crippen molar-refractivity contribution < 1.29 is 43.1 Å². The van der Waals surface area contributed by atoms with Gasteiger partial charge in [-0.2, -0.15) is 26.0 Å². The molecule has 6 nitrogen and oxygen atoms in total. The molecule has 2 saturated carbocycles. The summed E-state index contributed by atoms with van der Waals surface area (Å²) in [5, 5.41) is -6.71. The molecule has 4 unspecified atom stereocenters. The van der Waals surface area contributed by atoms with E-state index in [9.17, 15) is 39.0 Å². The molecule has 13 heteroatoms. The van der Waals surface area contributed by atoms with Crippen molar-refractivity contribution in [3.63, 3.8) is 0 Å². The highest BCUT2D eigenvalue weighted by Crippen LogP contribution is 2.59. The number of rotatable bonds is 9. The van der Waals surface area contributed by atoms with E-state index in [2.05, 4.69) is 91.0 Å². The molecule has 2 fully saturated rings. The first-order valence-electron chi connectivity index (χ1n) is 13.6. The maximum absolute atomic E-state index is 14.1. The minimum absolute atomic E-state index is 0.0146. The van der Waals surface area contributed by atoms with E-state index < -0.39 is 66.9 Å². The Bertz CT molecular complexity index is 1480. The van der Waals surface area contributed by atoms with Crippen molar-refractivity contribution in [2.45, 2.75) is 70.3 Å². The second-order valence-electron chi connectivity index (χ2n) is 10.9. The molecule has 5 rings (SSSR count). The highest BCUT2D eigenvalue weighted by Gasteiger charge is 2.70. The molecule has 2 bridgehead atoms. The van der Waals surface area contributed by atoms with Crippen LogP contribution in [0.15, 0.2) is 106 Å². The molecule has 0 N–H and O–H groups in total. The third kappa shape index (κ3) is 7.11. The molecule has 0 heterocycles. The molecule has 0 spiro atoms. The molecule has 2 aliphatic carbocycles. The van der Waals surface area contributed by atoms with Crippen LogP contribution in [0.25, 0.3) is 0 Å². The predicted octanol–water partition coefficient (Wildman–Crippen LogP) is 6.71. The molecule has 234 valence electrons. The van der Waals surface area contributed by atoms with Crippen molar-refractivity contribution in [1.82, 2.24) is 0 Å². The van der Waals surface area contributed by atoms with E-state index >= 15 is 0 Å². The number of benzene rings is 3. The van der Waals surface area contributed by atoms with Crippen LogP contribution in [0.2, 0.25) is 0 Å². The van der Waals surface area contributed by atoms with Gasteiger partial charge in [0.15, 0.2) is 24.8 Å². The molecule has 43 heavy (non-hydrogen) atoms. The lowest BCUT2D eigenvalue weighted by Crippen LogP contribution is -2.54. The van der Waals surface area contributed by atoms with E-state index in [4.69, 9.17) is 4.18 Å². The van der Waals surface area contributed by atoms with E-state index in [1.54, 1.807) is 0 Å². The van der Waals surface area contributed by atoms with Gasteiger partial charge in [0.1, 0.15) is 0 Å². The summed E-state index contributed by atoms with van der Waals surface area (Å²) < 4.78 is 115. The highest BCUT2D eigenvalue weighted by molar-refractivity contribution is 7.97. The quantitative estimate of drug-likeness (QED) is 0.110. The number of hydrogen-bond acceptors (Lipinski definition) is 6. The minimum atomic E-state index is -6.57. The molecular weight excluding hydrogens is 629 g/mol. The number of halogens is 4. The molecule has 4 atom stereocenters. The van der Waals surface area contributed by atoms with Gasteiger partial charge in [-0.15, -0.1) is 0 Å². The molecule has 3 aromatic carbocycles. The average Bonchev–Trinajstić information content (AvgIpc) is 3.56. The Balaban J connectivity index is 0.000000202. The van der Waals surface area contributed by atoms with Crippen molar-refractivity contribution in [3.05, 3.63) is 91.0 Å². The molecule has 2 aliphatic rings. The second kappa shape index (κ2) is 12.9. The maximum atomic E-state index is 14.1. The van der Waals surface area contributed by atoms with Crippen molar-refractivity contribution >= 4 is 31.1 Å². The summed E-state index contributed by atoms with van der Waals surface area (Å²) >= 11 is 0. The summed E-state index contributed by atoms with van der Waals surface area (Å²) in [7, 11) is -10.6. The van der Waals surface area contributed by atoms with Crippen molar-refractivity contribution in [2.75, 3.05) is 0 Å². The molecule has 0 saturated heterocycles. The van der Waals surface area contributed by atoms with Crippen LogP contribution in [0.1, 0.15) is 33.1 Å². The lowest BCUT2D eigenvalue weighted by Gasteiger charge is -2.38. The zero-order valence-electron chi connectivity index (χ0n) is 23.4. The minimum Gasteiger partial charge on any atom is -0.743 e. The third-order valence-corrected chi connectivity index (χ3v) is 12.5. The summed E-state index contributed by atoms with van der Waals surface area (Å²) in [5.41, 5.74) is 0. The van der Waals surface area contributed by atoms with Crippen LogP contribution in [-0.2, 0) is 35.3 Å². The number of alkyl halides is 4. The van der Waals surface area contributed by atoms with Gasteiger partial charge in [-0.25, -0.2) is 8.42 Å². The molecule has 0 radical (unpaired) electrons. The average molecular weight is 661 g/mol. The van der Waals surface area contributed by atoms with Gasteiger partial charge in [-0.05, 0) is 81.3 Å². The van der Waals surface area contributed by atoms with Crippen molar-refractivity contribution in [2.24, 2.45) is 17.8 Å².